The van der Waals surface area contributed by atoms with Crippen LogP contribution in [0.3, 0.4) is 0 Å². The summed E-state index contributed by atoms with van der Waals surface area (Å²) in [7, 11) is 4.87. The van der Waals surface area contributed by atoms with E-state index in [0.717, 1.165) is 42.7 Å². The first kappa shape index (κ1) is 21.1. The highest BCUT2D eigenvalue weighted by molar-refractivity contribution is 5.70. The molecule has 0 aliphatic rings. The average molecular weight is 353 g/mol. The lowest BCUT2D eigenvalue weighted by Gasteiger charge is -2.20. The molecule has 0 spiro atoms. The zero-order valence-electron chi connectivity index (χ0n) is 15.7. The normalized spacial score (nSPS) is 13.2. The lowest BCUT2D eigenvalue weighted by molar-refractivity contribution is -0.142. The van der Waals surface area contributed by atoms with Crippen LogP contribution in [0, 0.1) is 11.8 Å². The van der Waals surface area contributed by atoms with E-state index in [0.29, 0.717) is 18.1 Å². The molecule has 2 unspecified atom stereocenters. The molecule has 25 heavy (non-hydrogen) atoms. The van der Waals surface area contributed by atoms with Gasteiger partial charge < -0.3 is 25.1 Å². The Bertz CT molecular complexity index is 522. The van der Waals surface area contributed by atoms with Gasteiger partial charge in [-0.2, -0.15) is 0 Å². The molecule has 0 aliphatic carbocycles. The van der Waals surface area contributed by atoms with Crippen LogP contribution in [0.15, 0.2) is 12.1 Å². The van der Waals surface area contributed by atoms with Gasteiger partial charge in [-0.3, -0.25) is 4.79 Å². The molecule has 0 bridgehead atoms. The van der Waals surface area contributed by atoms with Crippen molar-refractivity contribution < 1.29 is 24.1 Å². The van der Waals surface area contributed by atoms with Crippen LogP contribution in [-0.2, 0) is 11.2 Å². The molecular formula is C19H31NO5. The quantitative estimate of drug-likeness (QED) is 0.600. The Kier molecular flexibility index (Phi) is 9.13. The van der Waals surface area contributed by atoms with Gasteiger partial charge in [0.15, 0.2) is 0 Å². The van der Waals surface area contributed by atoms with Gasteiger partial charge >= 0.3 is 5.97 Å². The van der Waals surface area contributed by atoms with Crippen molar-refractivity contribution in [3.63, 3.8) is 0 Å². The minimum Gasteiger partial charge on any atom is -0.496 e. The number of carboxylic acids is 1. The second-order valence-electron chi connectivity index (χ2n) is 6.18. The maximum Gasteiger partial charge on any atom is 0.307 e. The lowest BCUT2D eigenvalue weighted by atomic mass is 9.88. The first-order valence-corrected chi connectivity index (χ1v) is 8.72. The lowest BCUT2D eigenvalue weighted by Crippen LogP contribution is -2.25. The Balaban J connectivity index is 2.75. The number of ether oxygens (including phenoxy) is 3. The van der Waals surface area contributed by atoms with Gasteiger partial charge in [0.2, 0.25) is 0 Å². The number of benzene rings is 1. The van der Waals surface area contributed by atoms with E-state index < -0.39 is 11.9 Å². The van der Waals surface area contributed by atoms with Gasteiger partial charge in [-0.05, 0) is 25.2 Å². The Morgan fingerprint density at radius 1 is 1.16 bits per heavy atom. The minimum absolute atomic E-state index is 0.186. The van der Waals surface area contributed by atoms with Gasteiger partial charge in [-0.1, -0.05) is 19.8 Å². The highest BCUT2D eigenvalue weighted by Crippen LogP contribution is 2.35. The third kappa shape index (κ3) is 6.12. The van der Waals surface area contributed by atoms with Crippen molar-refractivity contribution in [2.45, 2.75) is 39.0 Å². The highest BCUT2D eigenvalue weighted by Gasteiger charge is 2.21. The highest BCUT2D eigenvalue weighted by atomic mass is 16.5. The maximum absolute atomic E-state index is 11.2. The molecule has 0 amide bonds. The molecule has 6 nitrogen and oxygen atoms in total. The summed E-state index contributed by atoms with van der Waals surface area (Å²) in [6, 6.07) is 3.70. The van der Waals surface area contributed by atoms with Crippen molar-refractivity contribution in [2.24, 2.45) is 17.6 Å². The summed E-state index contributed by atoms with van der Waals surface area (Å²) in [5, 5.41) is 9.18. The van der Waals surface area contributed by atoms with E-state index in [1.165, 1.54) is 0 Å². The summed E-state index contributed by atoms with van der Waals surface area (Å²) in [6.07, 6.45) is 4.24. The molecule has 142 valence electrons. The molecule has 1 aromatic carbocycles. The smallest absolute Gasteiger partial charge is 0.307 e. The minimum atomic E-state index is -0.806. The van der Waals surface area contributed by atoms with Crippen LogP contribution in [0.2, 0.25) is 0 Å². The number of hydrogen-bond donors (Lipinski definition) is 2. The summed E-state index contributed by atoms with van der Waals surface area (Å²) in [5.74, 6) is 1.26. The molecule has 6 heteroatoms. The van der Waals surface area contributed by atoms with E-state index in [-0.39, 0.29) is 6.54 Å². The van der Waals surface area contributed by atoms with Crippen molar-refractivity contribution in [3.05, 3.63) is 17.7 Å². The maximum atomic E-state index is 11.2. The number of rotatable bonds is 12. The third-order valence-electron chi connectivity index (χ3n) is 4.69. The van der Waals surface area contributed by atoms with Gasteiger partial charge in [0.25, 0.3) is 0 Å². The molecule has 0 fully saturated rings. The zero-order chi connectivity index (χ0) is 18.8. The fraction of sp³-hybridized carbons (Fsp3) is 0.632. The molecule has 0 aromatic heterocycles. The van der Waals surface area contributed by atoms with Crippen LogP contribution in [0.1, 0.15) is 38.2 Å². The third-order valence-corrected chi connectivity index (χ3v) is 4.69. The van der Waals surface area contributed by atoms with Crippen LogP contribution in [0.4, 0.5) is 0 Å². The first-order valence-electron chi connectivity index (χ1n) is 8.72. The van der Waals surface area contributed by atoms with Crippen molar-refractivity contribution in [3.8, 4) is 17.2 Å². The van der Waals surface area contributed by atoms with Crippen LogP contribution in [-0.4, -0.2) is 38.9 Å². The van der Waals surface area contributed by atoms with Gasteiger partial charge in [0, 0.05) is 24.2 Å². The number of carbonyl (C=O) groups is 1. The topological polar surface area (TPSA) is 91.0 Å². The van der Waals surface area contributed by atoms with Crippen molar-refractivity contribution in [1.82, 2.24) is 0 Å². The summed E-state index contributed by atoms with van der Waals surface area (Å²) in [5.41, 5.74) is 6.58. The predicted octanol–water partition coefficient (Wildman–Crippen LogP) is 3.11. The number of hydrogen-bond acceptors (Lipinski definition) is 5. The van der Waals surface area contributed by atoms with E-state index in [9.17, 15) is 9.90 Å². The van der Waals surface area contributed by atoms with Crippen LogP contribution < -0.4 is 19.9 Å². The molecule has 0 radical (unpaired) electrons. The van der Waals surface area contributed by atoms with Crippen LogP contribution in [0.25, 0.3) is 0 Å². The summed E-state index contributed by atoms with van der Waals surface area (Å²) < 4.78 is 16.2. The molecule has 3 N–H and O–H groups in total. The van der Waals surface area contributed by atoms with Crippen molar-refractivity contribution >= 4 is 5.97 Å². The molecule has 1 rings (SSSR count). The van der Waals surface area contributed by atoms with Crippen LogP contribution in [0.5, 0.6) is 17.2 Å². The molecule has 1 aromatic rings. The Morgan fingerprint density at radius 3 is 2.16 bits per heavy atom. The van der Waals surface area contributed by atoms with Crippen molar-refractivity contribution in [1.29, 1.82) is 0 Å². The standard InChI is InChI=1S/C19H31NO5/c1-5-13(9-14(12-20)19(21)22)7-6-8-16-17(24-3)10-15(23-2)11-18(16)25-4/h10-11,13-14H,5-9,12,20H2,1-4H3,(H,21,22). The van der Waals surface area contributed by atoms with Crippen molar-refractivity contribution in [2.75, 3.05) is 27.9 Å². The van der Waals surface area contributed by atoms with Gasteiger partial charge in [-0.25, -0.2) is 0 Å². The Morgan fingerprint density at radius 2 is 1.76 bits per heavy atom. The fourth-order valence-electron chi connectivity index (χ4n) is 3.08. The summed E-state index contributed by atoms with van der Waals surface area (Å²) in [6.45, 7) is 2.28. The SMILES string of the molecule is CCC(CCCc1c(OC)cc(OC)cc1OC)CC(CN)C(=O)O. The molecule has 0 saturated heterocycles. The molecule has 0 heterocycles. The first-order chi connectivity index (χ1) is 12.0. The van der Waals surface area contributed by atoms with E-state index in [4.69, 9.17) is 19.9 Å². The number of nitrogens with two attached hydrogens (primary N) is 1. The largest absolute Gasteiger partial charge is 0.496 e. The Hall–Kier alpha value is -1.95. The van der Waals surface area contributed by atoms with Gasteiger partial charge in [-0.15, -0.1) is 0 Å². The van der Waals surface area contributed by atoms with E-state index in [1.54, 1.807) is 21.3 Å². The molecular weight excluding hydrogens is 322 g/mol. The summed E-state index contributed by atoms with van der Waals surface area (Å²) >= 11 is 0. The van der Waals surface area contributed by atoms with E-state index in [1.807, 2.05) is 12.1 Å². The average Bonchev–Trinajstić information content (AvgIpc) is 2.63. The number of methoxy groups -OCH3 is 3. The number of carboxylic acid groups (broad SMARTS) is 1. The number of aliphatic carboxylic acids is 1. The predicted molar refractivity (Wildman–Crippen MR) is 97.6 cm³/mol. The molecule has 2 atom stereocenters. The monoisotopic (exact) mass is 353 g/mol. The zero-order valence-corrected chi connectivity index (χ0v) is 15.7. The fourth-order valence-corrected chi connectivity index (χ4v) is 3.08. The Labute approximate surface area is 150 Å². The summed E-state index contributed by atoms with van der Waals surface area (Å²) in [4.78, 5) is 11.2. The molecule has 0 saturated carbocycles. The second kappa shape index (κ2) is 10.8. The van der Waals surface area contributed by atoms with Gasteiger partial charge in [0.05, 0.1) is 27.2 Å². The van der Waals surface area contributed by atoms with Crippen LogP contribution >= 0.6 is 0 Å². The van der Waals surface area contributed by atoms with Gasteiger partial charge in [0.1, 0.15) is 17.2 Å². The van der Waals surface area contributed by atoms with E-state index >= 15 is 0 Å². The van der Waals surface area contributed by atoms with E-state index in [2.05, 4.69) is 6.92 Å². The second-order valence-corrected chi connectivity index (χ2v) is 6.18. The molecule has 0 aliphatic heterocycles.